The number of aromatic hydroxyl groups is 1. The molecular weight excluding hydrogens is 252 g/mol. The molecule has 19 heavy (non-hydrogen) atoms. The molecule has 1 aromatic carbocycles. The number of amides is 1. The quantitative estimate of drug-likeness (QED) is 0.725. The first-order chi connectivity index (χ1) is 8.99. The molecular formula is C12H10N2O5. The van der Waals surface area contributed by atoms with Crippen molar-refractivity contribution in [2.45, 2.75) is 6.92 Å². The van der Waals surface area contributed by atoms with E-state index in [1.807, 2.05) is 0 Å². The number of carbonyl (C=O) groups is 2. The minimum Gasteiger partial charge on any atom is -0.506 e. The third-order valence-electron chi connectivity index (χ3n) is 2.45. The second-order valence-corrected chi connectivity index (χ2v) is 3.83. The standard InChI is InChI=1S/C12H10N2O5/c1-6-5-13-19-10(6)11(16)14-8-4-7(12(17)18)2-3-9(8)15/h2-5,15H,1H3,(H,14,16)(H,17,18). The van der Waals surface area contributed by atoms with Crippen LogP contribution in [0.25, 0.3) is 0 Å². The summed E-state index contributed by atoms with van der Waals surface area (Å²) in [5.41, 5.74) is 0.467. The van der Waals surface area contributed by atoms with Crippen LogP contribution < -0.4 is 5.32 Å². The molecule has 0 aliphatic rings. The van der Waals surface area contributed by atoms with Crippen LogP contribution in [0.4, 0.5) is 5.69 Å². The number of aromatic carboxylic acids is 1. The summed E-state index contributed by atoms with van der Waals surface area (Å²) in [7, 11) is 0. The SMILES string of the molecule is Cc1cnoc1C(=O)Nc1cc(C(=O)O)ccc1O. The number of hydrogen-bond acceptors (Lipinski definition) is 5. The van der Waals surface area contributed by atoms with E-state index in [1.165, 1.54) is 18.3 Å². The van der Waals surface area contributed by atoms with Gasteiger partial charge < -0.3 is 20.1 Å². The van der Waals surface area contributed by atoms with Crippen molar-refractivity contribution in [2.24, 2.45) is 0 Å². The summed E-state index contributed by atoms with van der Waals surface area (Å²) in [5.74, 6) is -2.02. The molecule has 0 radical (unpaired) electrons. The van der Waals surface area contributed by atoms with Gasteiger partial charge in [0.1, 0.15) is 5.75 Å². The van der Waals surface area contributed by atoms with Crippen molar-refractivity contribution in [3.05, 3.63) is 41.3 Å². The zero-order chi connectivity index (χ0) is 14.0. The first-order valence-corrected chi connectivity index (χ1v) is 5.28. The molecule has 7 heteroatoms. The Morgan fingerprint density at radius 2 is 2.11 bits per heavy atom. The minimum absolute atomic E-state index is 0.000119. The predicted octanol–water partition coefficient (Wildman–Crippen LogP) is 1.64. The number of carboxylic acid groups (broad SMARTS) is 1. The van der Waals surface area contributed by atoms with Crippen molar-refractivity contribution >= 4 is 17.6 Å². The summed E-state index contributed by atoms with van der Waals surface area (Å²) >= 11 is 0. The molecule has 0 atom stereocenters. The van der Waals surface area contributed by atoms with Gasteiger partial charge in [0.15, 0.2) is 0 Å². The Hall–Kier alpha value is -2.83. The van der Waals surface area contributed by atoms with Crippen LogP contribution in [-0.2, 0) is 0 Å². The van der Waals surface area contributed by atoms with Gasteiger partial charge in [-0.25, -0.2) is 4.79 Å². The lowest BCUT2D eigenvalue weighted by molar-refractivity contribution is 0.0696. The number of hydrogen-bond donors (Lipinski definition) is 3. The van der Waals surface area contributed by atoms with Gasteiger partial charge in [0.2, 0.25) is 5.76 Å². The third kappa shape index (κ3) is 2.54. The summed E-state index contributed by atoms with van der Waals surface area (Å²) < 4.78 is 4.76. The molecule has 7 nitrogen and oxygen atoms in total. The minimum atomic E-state index is -1.16. The zero-order valence-corrected chi connectivity index (χ0v) is 9.88. The molecule has 0 bridgehead atoms. The molecule has 0 aliphatic heterocycles. The van der Waals surface area contributed by atoms with Gasteiger partial charge in [-0.3, -0.25) is 4.79 Å². The third-order valence-corrected chi connectivity index (χ3v) is 2.45. The number of benzene rings is 1. The number of phenolic OH excluding ortho intramolecular Hbond substituents is 1. The second kappa shape index (κ2) is 4.81. The highest BCUT2D eigenvalue weighted by atomic mass is 16.5. The smallest absolute Gasteiger partial charge is 0.335 e. The lowest BCUT2D eigenvalue weighted by Crippen LogP contribution is -2.12. The predicted molar refractivity (Wildman–Crippen MR) is 64.3 cm³/mol. The Morgan fingerprint density at radius 3 is 2.68 bits per heavy atom. The molecule has 1 amide bonds. The molecule has 1 aromatic heterocycles. The molecule has 0 unspecified atom stereocenters. The fraction of sp³-hybridized carbons (Fsp3) is 0.0833. The van der Waals surface area contributed by atoms with Gasteiger partial charge in [0.05, 0.1) is 17.4 Å². The van der Waals surface area contributed by atoms with Crippen LogP contribution in [0.15, 0.2) is 28.9 Å². The van der Waals surface area contributed by atoms with Gasteiger partial charge in [-0.15, -0.1) is 0 Å². The monoisotopic (exact) mass is 262 g/mol. The molecule has 0 aliphatic carbocycles. The van der Waals surface area contributed by atoms with E-state index in [0.717, 1.165) is 6.07 Å². The number of carbonyl (C=O) groups excluding carboxylic acids is 1. The summed E-state index contributed by atoms with van der Waals surface area (Å²) in [4.78, 5) is 22.6. The van der Waals surface area contributed by atoms with Crippen LogP contribution in [0, 0.1) is 6.92 Å². The van der Waals surface area contributed by atoms with Crippen molar-refractivity contribution in [3.8, 4) is 5.75 Å². The average molecular weight is 262 g/mol. The number of rotatable bonds is 3. The Bertz CT molecular complexity index is 647. The van der Waals surface area contributed by atoms with E-state index in [0.29, 0.717) is 5.56 Å². The number of aryl methyl sites for hydroxylation is 1. The average Bonchev–Trinajstić information content (AvgIpc) is 2.78. The lowest BCUT2D eigenvalue weighted by Gasteiger charge is -2.06. The van der Waals surface area contributed by atoms with Gasteiger partial charge in [0.25, 0.3) is 5.91 Å². The highest BCUT2D eigenvalue weighted by Gasteiger charge is 2.16. The Balaban J connectivity index is 2.28. The molecule has 2 aromatic rings. The number of nitrogens with one attached hydrogen (secondary N) is 1. The maximum absolute atomic E-state index is 11.8. The maximum Gasteiger partial charge on any atom is 0.335 e. The van der Waals surface area contributed by atoms with Crippen LogP contribution in [0.3, 0.4) is 0 Å². The lowest BCUT2D eigenvalue weighted by atomic mass is 10.2. The van der Waals surface area contributed by atoms with E-state index in [4.69, 9.17) is 9.63 Å². The van der Waals surface area contributed by atoms with E-state index in [-0.39, 0.29) is 22.8 Å². The number of anilines is 1. The van der Waals surface area contributed by atoms with Crippen molar-refractivity contribution in [3.63, 3.8) is 0 Å². The fourth-order valence-corrected chi connectivity index (χ4v) is 1.46. The van der Waals surface area contributed by atoms with Crippen molar-refractivity contribution in [1.82, 2.24) is 5.16 Å². The van der Waals surface area contributed by atoms with E-state index >= 15 is 0 Å². The topological polar surface area (TPSA) is 113 Å². The van der Waals surface area contributed by atoms with Gasteiger partial charge >= 0.3 is 5.97 Å². The van der Waals surface area contributed by atoms with Gasteiger partial charge in [-0.2, -0.15) is 0 Å². The first-order valence-electron chi connectivity index (χ1n) is 5.28. The molecule has 0 spiro atoms. The van der Waals surface area contributed by atoms with Crippen LogP contribution in [0.1, 0.15) is 26.5 Å². The van der Waals surface area contributed by atoms with Crippen LogP contribution >= 0.6 is 0 Å². The van der Waals surface area contributed by atoms with E-state index in [2.05, 4.69) is 10.5 Å². The molecule has 0 saturated carbocycles. The molecule has 1 heterocycles. The number of phenols is 1. The number of aromatic nitrogens is 1. The van der Waals surface area contributed by atoms with E-state index in [1.54, 1.807) is 6.92 Å². The summed E-state index contributed by atoms with van der Waals surface area (Å²) in [6.07, 6.45) is 1.38. The normalized spacial score (nSPS) is 10.2. The number of carboxylic acids is 1. The maximum atomic E-state index is 11.8. The van der Waals surface area contributed by atoms with E-state index in [9.17, 15) is 14.7 Å². The Kier molecular flexibility index (Phi) is 3.19. The van der Waals surface area contributed by atoms with Gasteiger partial charge in [-0.1, -0.05) is 5.16 Å². The molecule has 0 saturated heterocycles. The van der Waals surface area contributed by atoms with Crippen molar-refractivity contribution in [2.75, 3.05) is 5.32 Å². The van der Waals surface area contributed by atoms with Crippen molar-refractivity contribution < 1.29 is 24.3 Å². The Morgan fingerprint density at radius 1 is 1.37 bits per heavy atom. The fourth-order valence-electron chi connectivity index (χ4n) is 1.46. The Labute approximate surface area is 107 Å². The van der Waals surface area contributed by atoms with Gasteiger partial charge in [-0.05, 0) is 25.1 Å². The van der Waals surface area contributed by atoms with E-state index < -0.39 is 11.9 Å². The van der Waals surface area contributed by atoms with Crippen LogP contribution in [0.5, 0.6) is 5.75 Å². The second-order valence-electron chi connectivity index (χ2n) is 3.83. The largest absolute Gasteiger partial charge is 0.506 e. The van der Waals surface area contributed by atoms with Crippen molar-refractivity contribution in [1.29, 1.82) is 0 Å². The molecule has 2 rings (SSSR count). The molecule has 0 fully saturated rings. The zero-order valence-electron chi connectivity index (χ0n) is 9.88. The highest BCUT2D eigenvalue weighted by molar-refractivity contribution is 6.04. The summed E-state index contributed by atoms with van der Waals surface area (Å²) in [6.45, 7) is 1.64. The van der Waals surface area contributed by atoms with Crippen LogP contribution in [0.2, 0.25) is 0 Å². The first kappa shape index (κ1) is 12.6. The number of nitrogens with zero attached hydrogens (tertiary/aromatic N) is 1. The highest BCUT2D eigenvalue weighted by Crippen LogP contribution is 2.25. The van der Waals surface area contributed by atoms with Gasteiger partial charge in [0, 0.05) is 5.56 Å². The summed E-state index contributed by atoms with van der Waals surface area (Å²) in [6, 6.07) is 3.57. The molecule has 98 valence electrons. The molecule has 3 N–H and O–H groups in total. The summed E-state index contributed by atoms with van der Waals surface area (Å²) in [5, 5.41) is 24.2. The van der Waals surface area contributed by atoms with Crippen LogP contribution in [-0.4, -0.2) is 27.2 Å².